The van der Waals surface area contributed by atoms with Crippen molar-refractivity contribution in [2.45, 2.75) is 12.7 Å². The smallest absolute Gasteiger partial charge is 0.251 e. The third kappa shape index (κ3) is 4.42. The molecule has 0 aliphatic heterocycles. The van der Waals surface area contributed by atoms with E-state index in [9.17, 15) is 18.0 Å². The lowest BCUT2D eigenvalue weighted by molar-refractivity contribution is -0.141. The number of halogens is 5. The minimum atomic E-state index is -4.54. The number of nitrogens with zero attached hydrogens (tertiary/aromatic N) is 4. The predicted octanol–water partition coefficient (Wildman–Crippen LogP) is 6.60. The van der Waals surface area contributed by atoms with Gasteiger partial charge < -0.3 is 0 Å². The van der Waals surface area contributed by atoms with E-state index in [2.05, 4.69) is 10.1 Å². The summed E-state index contributed by atoms with van der Waals surface area (Å²) in [6.07, 6.45) is -1.84. The summed E-state index contributed by atoms with van der Waals surface area (Å²) in [5, 5.41) is 5.59. The zero-order valence-corrected chi connectivity index (χ0v) is 19.3. The second-order valence-corrected chi connectivity index (χ2v) is 8.62. The summed E-state index contributed by atoms with van der Waals surface area (Å²) in [7, 11) is 0. The van der Waals surface area contributed by atoms with Crippen LogP contribution in [-0.2, 0) is 12.7 Å². The summed E-state index contributed by atoms with van der Waals surface area (Å²) in [5.74, 6) is 0. The van der Waals surface area contributed by atoms with Crippen LogP contribution in [0.2, 0.25) is 10.0 Å². The Kier molecular flexibility index (Phi) is 5.86. The summed E-state index contributed by atoms with van der Waals surface area (Å²) in [6, 6.07) is 18.4. The van der Waals surface area contributed by atoms with E-state index in [1.807, 2.05) is 24.3 Å². The van der Waals surface area contributed by atoms with Crippen molar-refractivity contribution in [3.63, 3.8) is 0 Å². The van der Waals surface area contributed by atoms with Crippen molar-refractivity contribution in [3.8, 4) is 22.3 Å². The zero-order chi connectivity index (χ0) is 24.7. The Morgan fingerprint density at radius 1 is 0.886 bits per heavy atom. The molecule has 0 fully saturated rings. The summed E-state index contributed by atoms with van der Waals surface area (Å²) >= 11 is 12.6. The number of benzene rings is 2. The Labute approximate surface area is 207 Å². The van der Waals surface area contributed by atoms with Crippen LogP contribution in [0.15, 0.2) is 83.9 Å². The molecule has 5 nitrogen and oxygen atoms in total. The maximum Gasteiger partial charge on any atom is 0.433 e. The second-order valence-electron chi connectivity index (χ2n) is 7.77. The fraction of sp³-hybridized carbons (Fsp3) is 0.0800. The molecule has 3 aromatic heterocycles. The summed E-state index contributed by atoms with van der Waals surface area (Å²) in [5.41, 5.74) is 2.26. The van der Waals surface area contributed by atoms with Gasteiger partial charge in [0.25, 0.3) is 0 Å². The first-order chi connectivity index (χ1) is 16.7. The van der Waals surface area contributed by atoms with Gasteiger partial charge in [-0.25, -0.2) is 13.9 Å². The molecular weight excluding hydrogens is 500 g/mol. The van der Waals surface area contributed by atoms with Crippen LogP contribution in [0.25, 0.3) is 27.9 Å². The number of fused-ring (bicyclic) bond motifs is 1. The number of hydrogen-bond donors (Lipinski definition) is 0. The van der Waals surface area contributed by atoms with Crippen LogP contribution in [0, 0.1) is 0 Å². The quantitative estimate of drug-likeness (QED) is 0.271. The maximum absolute atomic E-state index is 13.1. The number of hydrogen-bond acceptors (Lipinski definition) is 3. The monoisotopic (exact) mass is 514 g/mol. The number of pyridine rings is 2. The molecule has 0 aliphatic carbocycles. The van der Waals surface area contributed by atoms with E-state index in [1.54, 1.807) is 36.5 Å². The Bertz CT molecular complexity index is 1590. The van der Waals surface area contributed by atoms with Crippen LogP contribution in [0.5, 0.6) is 0 Å². The van der Waals surface area contributed by atoms with Crippen molar-refractivity contribution >= 4 is 28.8 Å². The van der Waals surface area contributed by atoms with Crippen LogP contribution in [0.4, 0.5) is 13.2 Å². The average Bonchev–Trinajstić information content (AvgIpc) is 3.14. The van der Waals surface area contributed by atoms with Gasteiger partial charge in [0.1, 0.15) is 5.69 Å². The average molecular weight is 515 g/mol. The molecule has 10 heteroatoms. The van der Waals surface area contributed by atoms with Crippen molar-refractivity contribution in [2.24, 2.45) is 0 Å². The van der Waals surface area contributed by atoms with E-state index in [0.29, 0.717) is 32.4 Å². The Morgan fingerprint density at radius 3 is 2.29 bits per heavy atom. The predicted molar refractivity (Wildman–Crippen MR) is 129 cm³/mol. The van der Waals surface area contributed by atoms with E-state index in [1.165, 1.54) is 15.1 Å². The molecule has 0 atom stereocenters. The maximum atomic E-state index is 13.1. The van der Waals surface area contributed by atoms with Crippen LogP contribution < -0.4 is 5.69 Å². The topological polar surface area (TPSA) is 52.2 Å². The van der Waals surface area contributed by atoms with Gasteiger partial charge in [0.05, 0.1) is 6.54 Å². The summed E-state index contributed by atoms with van der Waals surface area (Å²) in [6.45, 7) is -0.0517. The minimum Gasteiger partial charge on any atom is -0.251 e. The van der Waals surface area contributed by atoms with Gasteiger partial charge in [0.15, 0.2) is 5.65 Å². The lowest BCUT2D eigenvalue weighted by Gasteiger charge is -2.12. The molecule has 5 rings (SSSR count). The van der Waals surface area contributed by atoms with Crippen LogP contribution >= 0.6 is 23.2 Å². The number of aromatic nitrogens is 4. The van der Waals surface area contributed by atoms with Gasteiger partial charge >= 0.3 is 11.9 Å². The van der Waals surface area contributed by atoms with E-state index < -0.39 is 17.6 Å². The van der Waals surface area contributed by atoms with Crippen molar-refractivity contribution in [1.29, 1.82) is 0 Å². The fourth-order valence-electron chi connectivity index (χ4n) is 3.84. The van der Waals surface area contributed by atoms with Crippen LogP contribution in [0.3, 0.4) is 0 Å². The largest absolute Gasteiger partial charge is 0.433 e. The lowest BCUT2D eigenvalue weighted by Crippen LogP contribution is -2.21. The molecular formula is C25H15Cl2F3N4O. The molecule has 0 amide bonds. The summed E-state index contributed by atoms with van der Waals surface area (Å²) in [4.78, 5) is 16.6. The zero-order valence-electron chi connectivity index (χ0n) is 17.8. The van der Waals surface area contributed by atoms with E-state index in [4.69, 9.17) is 23.2 Å². The van der Waals surface area contributed by atoms with E-state index in [0.717, 1.165) is 23.4 Å². The molecule has 176 valence electrons. The van der Waals surface area contributed by atoms with Crippen LogP contribution in [0.1, 0.15) is 11.3 Å². The number of alkyl halides is 3. The summed E-state index contributed by atoms with van der Waals surface area (Å²) < 4.78 is 41.1. The third-order valence-corrected chi connectivity index (χ3v) is 6.08. The van der Waals surface area contributed by atoms with Crippen molar-refractivity contribution in [2.75, 3.05) is 0 Å². The Balaban J connectivity index is 1.68. The Hall–Kier alpha value is -3.62. The molecule has 0 saturated carbocycles. The third-order valence-electron chi connectivity index (χ3n) is 5.50. The Morgan fingerprint density at radius 2 is 1.63 bits per heavy atom. The molecule has 0 saturated heterocycles. The first-order valence-electron chi connectivity index (χ1n) is 10.4. The van der Waals surface area contributed by atoms with Gasteiger partial charge in [-0.2, -0.15) is 13.2 Å². The first kappa shape index (κ1) is 23.1. The molecule has 3 heterocycles. The lowest BCUT2D eigenvalue weighted by atomic mass is 9.96. The molecule has 0 bridgehead atoms. The highest BCUT2D eigenvalue weighted by atomic mass is 35.5. The molecule has 0 spiro atoms. The molecule has 5 aromatic rings. The number of rotatable bonds is 4. The van der Waals surface area contributed by atoms with E-state index in [-0.39, 0.29) is 6.54 Å². The van der Waals surface area contributed by atoms with Crippen molar-refractivity contribution in [3.05, 3.63) is 111 Å². The van der Waals surface area contributed by atoms with E-state index >= 15 is 0 Å². The molecule has 0 aliphatic rings. The highest BCUT2D eigenvalue weighted by Gasteiger charge is 2.32. The normalized spacial score (nSPS) is 11.8. The van der Waals surface area contributed by atoms with Gasteiger partial charge in [-0.3, -0.25) is 4.98 Å². The van der Waals surface area contributed by atoms with Crippen molar-refractivity contribution in [1.82, 2.24) is 19.2 Å². The standard InChI is InChI=1S/C25H15Cl2F3N4O/c26-17-8-6-16(7-9-17)18-11-12-33-23(22(18)19-3-1-2-4-20(19)27)32-34(24(33)35)14-15-5-10-21(31-13-15)25(28,29)30/h1-13H,14H2. The highest BCUT2D eigenvalue weighted by molar-refractivity contribution is 6.33. The van der Waals surface area contributed by atoms with Gasteiger partial charge in [-0.05, 0) is 47.0 Å². The highest BCUT2D eigenvalue weighted by Crippen LogP contribution is 2.38. The molecule has 0 N–H and O–H groups in total. The van der Waals surface area contributed by atoms with Gasteiger partial charge in [-0.15, -0.1) is 5.10 Å². The van der Waals surface area contributed by atoms with Crippen molar-refractivity contribution < 1.29 is 13.2 Å². The first-order valence-corrected chi connectivity index (χ1v) is 11.1. The molecule has 2 aromatic carbocycles. The molecule has 0 radical (unpaired) electrons. The fourth-order valence-corrected chi connectivity index (χ4v) is 4.20. The minimum absolute atomic E-state index is 0.0517. The SMILES string of the molecule is O=c1n(Cc2ccc(C(F)(F)F)nc2)nc2c(-c3ccccc3Cl)c(-c3ccc(Cl)cc3)ccn12. The van der Waals surface area contributed by atoms with Crippen LogP contribution in [-0.4, -0.2) is 19.2 Å². The van der Waals surface area contributed by atoms with Gasteiger partial charge in [0.2, 0.25) is 0 Å². The van der Waals surface area contributed by atoms with Gasteiger partial charge in [-0.1, -0.05) is 59.6 Å². The molecule has 0 unspecified atom stereocenters. The molecule has 35 heavy (non-hydrogen) atoms. The van der Waals surface area contributed by atoms with Gasteiger partial charge in [0, 0.05) is 33.6 Å². The second kappa shape index (κ2) is 8.87.